The van der Waals surface area contributed by atoms with E-state index in [-0.39, 0.29) is 35.5 Å². The van der Waals surface area contributed by atoms with Crippen molar-refractivity contribution in [2.24, 2.45) is 5.92 Å². The maximum Gasteiger partial charge on any atom is 0.246 e. The zero-order valence-corrected chi connectivity index (χ0v) is 20.6. The smallest absolute Gasteiger partial charge is 0.246 e. The van der Waals surface area contributed by atoms with Gasteiger partial charge in [-0.05, 0) is 56.1 Å². The summed E-state index contributed by atoms with van der Waals surface area (Å²) in [6.45, 7) is 4.96. The Morgan fingerprint density at radius 2 is 2.03 bits per heavy atom. The average molecular weight is 496 g/mol. The van der Waals surface area contributed by atoms with Crippen molar-refractivity contribution in [3.05, 3.63) is 40.7 Å². The van der Waals surface area contributed by atoms with Crippen LogP contribution in [0.1, 0.15) is 31.2 Å². The van der Waals surface area contributed by atoms with Crippen LogP contribution in [0.25, 0.3) is 6.08 Å². The third-order valence-electron chi connectivity index (χ3n) is 6.73. The molecule has 2 atom stereocenters. The highest BCUT2D eigenvalue weighted by molar-refractivity contribution is 6.30. The van der Waals surface area contributed by atoms with Gasteiger partial charge < -0.3 is 24.5 Å². The van der Waals surface area contributed by atoms with E-state index in [0.717, 1.165) is 38.9 Å². The van der Waals surface area contributed by atoms with Gasteiger partial charge >= 0.3 is 0 Å². The molecule has 0 radical (unpaired) electrons. The van der Waals surface area contributed by atoms with E-state index < -0.39 is 5.82 Å². The lowest BCUT2D eigenvalue weighted by molar-refractivity contribution is -0.130. The molecule has 1 N–H and O–H groups in total. The van der Waals surface area contributed by atoms with Crippen molar-refractivity contribution in [3.8, 4) is 0 Å². The summed E-state index contributed by atoms with van der Waals surface area (Å²) in [5.41, 5.74) is 0.556. The van der Waals surface area contributed by atoms with Gasteiger partial charge in [0, 0.05) is 64.9 Å². The normalized spacial score (nSPS) is 22.4. The molecule has 0 aromatic heterocycles. The molecule has 2 aliphatic rings. The number of piperidine rings is 1. The SMILES string of the molecule is CO[C@@H]1CN(CCCCN2CCN(C(=O)/C=C/c3ccc(Cl)c(F)c3)CCC2=O)CC[C@@H]1CO. The van der Waals surface area contributed by atoms with E-state index in [1.165, 1.54) is 18.2 Å². The number of hydrogen-bond acceptors (Lipinski definition) is 5. The van der Waals surface area contributed by atoms with Gasteiger partial charge in [-0.3, -0.25) is 9.59 Å². The van der Waals surface area contributed by atoms with Crippen LogP contribution in [0.5, 0.6) is 0 Å². The lowest BCUT2D eigenvalue weighted by Crippen LogP contribution is -2.46. The van der Waals surface area contributed by atoms with Crippen molar-refractivity contribution in [1.82, 2.24) is 14.7 Å². The fraction of sp³-hybridized carbons (Fsp3) is 0.600. The van der Waals surface area contributed by atoms with Crippen molar-refractivity contribution in [2.45, 2.75) is 31.8 Å². The average Bonchev–Trinajstić information content (AvgIpc) is 3.03. The number of nitrogens with zero attached hydrogens (tertiary/aromatic N) is 3. The quantitative estimate of drug-likeness (QED) is 0.421. The number of carbonyl (C=O) groups excluding carboxylic acids is 2. The highest BCUT2D eigenvalue weighted by Crippen LogP contribution is 2.20. The Labute approximate surface area is 206 Å². The molecule has 0 unspecified atom stereocenters. The maximum atomic E-state index is 13.6. The van der Waals surface area contributed by atoms with Crippen LogP contribution < -0.4 is 0 Å². The Balaban J connectivity index is 1.40. The van der Waals surface area contributed by atoms with Crippen molar-refractivity contribution in [2.75, 3.05) is 59.5 Å². The van der Waals surface area contributed by atoms with E-state index >= 15 is 0 Å². The molecular weight excluding hydrogens is 461 g/mol. The number of rotatable bonds is 9. The number of halogens is 2. The Morgan fingerprint density at radius 3 is 2.76 bits per heavy atom. The third kappa shape index (κ3) is 7.50. The fourth-order valence-electron chi connectivity index (χ4n) is 4.56. The first-order valence-corrected chi connectivity index (χ1v) is 12.3. The monoisotopic (exact) mass is 495 g/mol. The molecule has 0 bridgehead atoms. The second-order valence-corrected chi connectivity index (χ2v) is 9.38. The summed E-state index contributed by atoms with van der Waals surface area (Å²) >= 11 is 5.69. The van der Waals surface area contributed by atoms with Gasteiger partial charge in [0.25, 0.3) is 0 Å². The summed E-state index contributed by atoms with van der Waals surface area (Å²) in [4.78, 5) is 31.0. The lowest BCUT2D eigenvalue weighted by atomic mass is 9.94. The van der Waals surface area contributed by atoms with Gasteiger partial charge in [0.15, 0.2) is 0 Å². The van der Waals surface area contributed by atoms with E-state index in [9.17, 15) is 19.1 Å². The number of ether oxygens (including phenoxy) is 1. The predicted molar refractivity (Wildman–Crippen MR) is 130 cm³/mol. The molecule has 0 spiro atoms. The molecule has 34 heavy (non-hydrogen) atoms. The number of aliphatic hydroxyl groups excluding tert-OH is 1. The highest BCUT2D eigenvalue weighted by Gasteiger charge is 2.28. The molecule has 2 amide bonds. The number of methoxy groups -OCH3 is 1. The summed E-state index contributed by atoms with van der Waals surface area (Å²) in [6, 6.07) is 4.38. The van der Waals surface area contributed by atoms with E-state index in [4.69, 9.17) is 16.3 Å². The summed E-state index contributed by atoms with van der Waals surface area (Å²) < 4.78 is 19.1. The van der Waals surface area contributed by atoms with E-state index in [1.807, 2.05) is 4.90 Å². The minimum Gasteiger partial charge on any atom is -0.396 e. The van der Waals surface area contributed by atoms with Gasteiger partial charge in [-0.1, -0.05) is 17.7 Å². The number of unbranched alkanes of at least 4 members (excludes halogenated alkanes) is 1. The van der Waals surface area contributed by atoms with Gasteiger partial charge in [-0.2, -0.15) is 0 Å². The first-order valence-electron chi connectivity index (χ1n) is 12.0. The number of hydrogen-bond donors (Lipinski definition) is 1. The minimum absolute atomic E-state index is 0.0417. The topological polar surface area (TPSA) is 73.3 Å². The zero-order valence-electron chi connectivity index (χ0n) is 19.8. The van der Waals surface area contributed by atoms with Gasteiger partial charge in [-0.15, -0.1) is 0 Å². The number of likely N-dealkylation sites (tertiary alicyclic amines) is 1. The molecule has 1 aromatic carbocycles. The standard InChI is InChI=1S/C25H35ClFN3O4/c1-34-23-17-28(12-8-20(23)18-31)10-2-3-11-29-14-15-30(13-9-25(29)33)24(32)7-5-19-4-6-21(26)22(27)16-19/h4-7,16,20,23,31H,2-3,8-15,17-18H2,1H3/b7-5+/t20-,23-/m1/s1. The predicted octanol–water partition coefficient (Wildman–Crippen LogP) is 2.66. The minimum atomic E-state index is -0.527. The second kappa shape index (κ2) is 13.2. The summed E-state index contributed by atoms with van der Waals surface area (Å²) in [5, 5.41) is 9.50. The number of benzene rings is 1. The highest BCUT2D eigenvalue weighted by atomic mass is 35.5. The molecule has 2 saturated heterocycles. The van der Waals surface area contributed by atoms with Crippen molar-refractivity contribution in [3.63, 3.8) is 0 Å². The first-order chi connectivity index (χ1) is 16.4. The molecule has 2 aliphatic heterocycles. The molecular formula is C25H35ClFN3O4. The molecule has 1 aromatic rings. The molecule has 2 heterocycles. The third-order valence-corrected chi connectivity index (χ3v) is 7.04. The summed E-state index contributed by atoms with van der Waals surface area (Å²) in [6.07, 6.45) is 6.17. The molecule has 7 nitrogen and oxygen atoms in total. The summed E-state index contributed by atoms with van der Waals surface area (Å²) in [5.74, 6) is -0.435. The van der Waals surface area contributed by atoms with E-state index in [1.54, 1.807) is 24.2 Å². The Morgan fingerprint density at radius 1 is 1.24 bits per heavy atom. The first kappa shape index (κ1) is 26.6. The van der Waals surface area contributed by atoms with Crippen LogP contribution in [-0.4, -0.2) is 97.3 Å². The van der Waals surface area contributed by atoms with Crippen molar-refractivity contribution in [1.29, 1.82) is 0 Å². The van der Waals surface area contributed by atoms with Crippen LogP contribution in [0.15, 0.2) is 24.3 Å². The van der Waals surface area contributed by atoms with Crippen LogP contribution in [0.4, 0.5) is 4.39 Å². The number of amides is 2. The number of carbonyl (C=O) groups is 2. The Kier molecular flexibility index (Phi) is 10.3. The maximum absolute atomic E-state index is 13.6. The van der Waals surface area contributed by atoms with Crippen LogP contribution in [0.3, 0.4) is 0 Å². The molecule has 188 valence electrons. The zero-order chi connectivity index (χ0) is 24.5. The summed E-state index contributed by atoms with van der Waals surface area (Å²) in [7, 11) is 1.70. The van der Waals surface area contributed by atoms with Gasteiger partial charge in [0.05, 0.1) is 11.1 Å². The second-order valence-electron chi connectivity index (χ2n) is 8.98. The Bertz CT molecular complexity index is 869. The number of aliphatic hydroxyl groups is 1. The van der Waals surface area contributed by atoms with E-state index in [2.05, 4.69) is 4.90 Å². The lowest BCUT2D eigenvalue weighted by Gasteiger charge is -2.37. The molecule has 0 aliphatic carbocycles. The van der Waals surface area contributed by atoms with Crippen LogP contribution in [0.2, 0.25) is 5.02 Å². The van der Waals surface area contributed by atoms with Crippen molar-refractivity contribution >= 4 is 29.5 Å². The van der Waals surface area contributed by atoms with Gasteiger partial charge in [0.1, 0.15) is 5.82 Å². The molecule has 0 saturated carbocycles. The van der Waals surface area contributed by atoms with Crippen LogP contribution >= 0.6 is 11.6 Å². The fourth-order valence-corrected chi connectivity index (χ4v) is 4.68. The van der Waals surface area contributed by atoms with Crippen LogP contribution in [0, 0.1) is 11.7 Å². The Hall–Kier alpha value is -2.00. The molecule has 3 rings (SSSR count). The molecule has 9 heteroatoms. The van der Waals surface area contributed by atoms with E-state index in [0.29, 0.717) is 38.2 Å². The van der Waals surface area contributed by atoms with Crippen LogP contribution in [-0.2, 0) is 14.3 Å². The van der Waals surface area contributed by atoms with Gasteiger partial charge in [0.2, 0.25) is 11.8 Å². The van der Waals surface area contributed by atoms with Crippen molar-refractivity contribution < 1.29 is 23.8 Å². The largest absolute Gasteiger partial charge is 0.396 e. The van der Waals surface area contributed by atoms with Gasteiger partial charge in [-0.25, -0.2) is 4.39 Å². The molecule has 2 fully saturated rings.